The standard InChI is InChI=1S/2C4H7NO4.Mg.4H2O/c2*5-2(4(8)9)1-3(6)7;;;;;/h2*2H,1,5H2,(H,6,7)(H,8,9);;4*1H2/q;;+2;;;;/p-4. The first-order valence-electron chi connectivity index (χ1n) is 4.40. The van der Waals surface area contributed by atoms with Gasteiger partial charge in [0.2, 0.25) is 0 Å². The Hall–Kier alpha value is -1.59. The zero-order valence-corrected chi connectivity index (χ0v) is 13.1. The third kappa shape index (κ3) is 33.3. The van der Waals surface area contributed by atoms with Gasteiger partial charge in [0.15, 0.2) is 0 Å². The van der Waals surface area contributed by atoms with E-state index < -0.39 is 48.8 Å². The SMILES string of the molecule is NC(CC(=O)[O-])C(=O)[O-].NC(CC(=O)[O-])C(=O)[O-].O.O.O.O.[Mg+2]. The van der Waals surface area contributed by atoms with E-state index in [0.717, 1.165) is 0 Å². The Bertz CT molecular complexity index is 307. The molecule has 0 spiro atoms. The second-order valence-electron chi connectivity index (χ2n) is 3.00. The first-order valence-corrected chi connectivity index (χ1v) is 4.40. The normalized spacial score (nSPS) is 9.83. The predicted molar refractivity (Wildman–Crippen MR) is 65.4 cm³/mol. The fourth-order valence-corrected chi connectivity index (χ4v) is 0.526. The Balaban J connectivity index is -0.0000000366. The number of carboxylic acids is 4. The minimum atomic E-state index is -1.58. The van der Waals surface area contributed by atoms with Crippen molar-refractivity contribution in [2.45, 2.75) is 24.9 Å². The molecule has 0 aromatic heterocycles. The van der Waals surface area contributed by atoms with Crippen LogP contribution in [0, 0.1) is 0 Å². The third-order valence-corrected chi connectivity index (χ3v) is 1.38. The molecule has 0 aromatic carbocycles. The number of nitrogens with two attached hydrogens (primary N) is 2. The molecule has 0 aliphatic rings. The van der Waals surface area contributed by atoms with Crippen LogP contribution in [0.25, 0.3) is 0 Å². The molecule has 2 atom stereocenters. The number of carboxylic acid groups (broad SMARTS) is 4. The van der Waals surface area contributed by atoms with Crippen molar-refractivity contribution < 1.29 is 61.5 Å². The second-order valence-corrected chi connectivity index (χ2v) is 3.00. The molecular formula is C8H18MgN2O12-2. The topological polar surface area (TPSA) is 339 Å². The summed E-state index contributed by atoms with van der Waals surface area (Å²) in [6, 6.07) is -2.93. The Kier molecular flexibility index (Phi) is 42.4. The van der Waals surface area contributed by atoms with Crippen molar-refractivity contribution in [1.29, 1.82) is 0 Å². The molecule has 0 aliphatic carbocycles. The van der Waals surface area contributed by atoms with Gasteiger partial charge in [-0.1, -0.05) is 0 Å². The van der Waals surface area contributed by atoms with Crippen LogP contribution < -0.4 is 31.9 Å². The maximum Gasteiger partial charge on any atom is 2.00 e. The van der Waals surface area contributed by atoms with Crippen LogP contribution in [0.1, 0.15) is 12.8 Å². The van der Waals surface area contributed by atoms with Gasteiger partial charge in [-0.05, 0) is 0 Å². The minimum absolute atomic E-state index is 0. The summed E-state index contributed by atoms with van der Waals surface area (Å²) in [5, 5.41) is 38.7. The quantitative estimate of drug-likeness (QED) is 0.421. The van der Waals surface area contributed by atoms with Crippen molar-refractivity contribution in [3.05, 3.63) is 0 Å². The number of aliphatic carboxylic acids is 4. The summed E-state index contributed by atoms with van der Waals surface area (Å²) in [4.78, 5) is 38.7. The van der Waals surface area contributed by atoms with Crippen molar-refractivity contribution in [3.63, 3.8) is 0 Å². The number of hydrogen-bond donors (Lipinski definition) is 2. The van der Waals surface area contributed by atoms with Crippen molar-refractivity contribution in [2.75, 3.05) is 0 Å². The van der Waals surface area contributed by atoms with Crippen molar-refractivity contribution in [2.24, 2.45) is 11.5 Å². The molecule has 0 aromatic rings. The zero-order chi connectivity index (χ0) is 14.9. The largest absolute Gasteiger partial charge is 2.00 e. The van der Waals surface area contributed by atoms with E-state index in [4.69, 9.17) is 11.5 Å². The second kappa shape index (κ2) is 22.7. The molecule has 0 amide bonds. The Morgan fingerprint density at radius 3 is 0.870 bits per heavy atom. The molecule has 0 heterocycles. The maximum atomic E-state index is 9.71. The van der Waals surface area contributed by atoms with Gasteiger partial charge < -0.3 is 73.0 Å². The molecule has 0 bridgehead atoms. The molecule has 12 N–H and O–H groups in total. The maximum absolute atomic E-state index is 9.71. The minimum Gasteiger partial charge on any atom is -0.550 e. The van der Waals surface area contributed by atoms with E-state index in [1.54, 1.807) is 0 Å². The monoisotopic (exact) mass is 358 g/mol. The van der Waals surface area contributed by atoms with Gasteiger partial charge in [0.05, 0.1) is 11.9 Å². The van der Waals surface area contributed by atoms with Gasteiger partial charge in [-0.25, -0.2) is 0 Å². The number of hydrogen-bond acceptors (Lipinski definition) is 10. The van der Waals surface area contributed by atoms with Gasteiger partial charge in [0.25, 0.3) is 0 Å². The molecule has 23 heavy (non-hydrogen) atoms. The fourth-order valence-electron chi connectivity index (χ4n) is 0.526. The van der Waals surface area contributed by atoms with Crippen LogP contribution in [0.15, 0.2) is 0 Å². The Morgan fingerprint density at radius 1 is 0.652 bits per heavy atom. The van der Waals surface area contributed by atoms with Gasteiger partial charge in [-0.15, -0.1) is 0 Å². The van der Waals surface area contributed by atoms with Crippen LogP contribution in [-0.4, -0.2) is 80.9 Å². The van der Waals surface area contributed by atoms with Crippen LogP contribution in [0.5, 0.6) is 0 Å². The Morgan fingerprint density at radius 2 is 0.826 bits per heavy atom. The van der Waals surface area contributed by atoms with E-state index in [1.807, 2.05) is 0 Å². The Labute approximate surface area is 145 Å². The first kappa shape index (κ1) is 43.0. The van der Waals surface area contributed by atoms with Gasteiger partial charge in [0.1, 0.15) is 0 Å². The van der Waals surface area contributed by atoms with E-state index in [1.165, 1.54) is 0 Å². The summed E-state index contributed by atoms with van der Waals surface area (Å²) >= 11 is 0. The molecule has 15 heteroatoms. The van der Waals surface area contributed by atoms with Crippen molar-refractivity contribution in [3.8, 4) is 0 Å². The molecule has 0 saturated carbocycles. The summed E-state index contributed by atoms with van der Waals surface area (Å²) in [5.74, 6) is -6.16. The zero-order valence-electron chi connectivity index (χ0n) is 11.7. The van der Waals surface area contributed by atoms with Gasteiger partial charge in [-0.3, -0.25) is 0 Å². The van der Waals surface area contributed by atoms with Crippen LogP contribution in [0.4, 0.5) is 0 Å². The molecular weight excluding hydrogens is 340 g/mol. The van der Waals surface area contributed by atoms with Gasteiger partial charge >= 0.3 is 23.1 Å². The molecule has 14 nitrogen and oxygen atoms in total. The summed E-state index contributed by atoms with van der Waals surface area (Å²) in [6.07, 6.45) is -1.41. The van der Waals surface area contributed by atoms with Crippen molar-refractivity contribution >= 4 is 46.9 Å². The van der Waals surface area contributed by atoms with E-state index in [-0.39, 0.29) is 45.0 Å². The van der Waals surface area contributed by atoms with E-state index >= 15 is 0 Å². The fraction of sp³-hybridized carbons (Fsp3) is 0.500. The van der Waals surface area contributed by atoms with Gasteiger partial charge in [0, 0.05) is 36.9 Å². The summed E-state index contributed by atoms with van der Waals surface area (Å²) in [7, 11) is 0. The van der Waals surface area contributed by atoms with E-state index in [0.29, 0.717) is 0 Å². The van der Waals surface area contributed by atoms with Crippen LogP contribution in [0.2, 0.25) is 0 Å². The van der Waals surface area contributed by atoms with Gasteiger partial charge in [-0.2, -0.15) is 0 Å². The van der Waals surface area contributed by atoms with Crippen LogP contribution >= 0.6 is 0 Å². The molecule has 0 aliphatic heterocycles. The molecule has 0 saturated heterocycles. The third-order valence-electron chi connectivity index (χ3n) is 1.38. The molecule has 0 fully saturated rings. The summed E-state index contributed by atoms with van der Waals surface area (Å²) in [5.41, 5.74) is 9.47. The number of carbonyl (C=O) groups excluding carboxylic acids is 4. The summed E-state index contributed by atoms with van der Waals surface area (Å²) < 4.78 is 0. The molecule has 136 valence electrons. The number of carbonyl (C=O) groups is 4. The first-order chi connectivity index (χ1) is 8.07. The van der Waals surface area contributed by atoms with Crippen LogP contribution in [-0.2, 0) is 19.2 Å². The molecule has 2 unspecified atom stereocenters. The average Bonchev–Trinajstić information content (AvgIpc) is 2.16. The average molecular weight is 359 g/mol. The smallest absolute Gasteiger partial charge is 0.550 e. The summed E-state index contributed by atoms with van der Waals surface area (Å²) in [6.45, 7) is 0. The van der Waals surface area contributed by atoms with Crippen molar-refractivity contribution in [1.82, 2.24) is 0 Å². The molecule has 0 rings (SSSR count). The van der Waals surface area contributed by atoms with E-state index in [9.17, 15) is 39.6 Å². The predicted octanol–water partition coefficient (Wildman–Crippen LogP) is -11.3. The van der Waals surface area contributed by atoms with E-state index in [2.05, 4.69) is 0 Å². The number of rotatable bonds is 6. The van der Waals surface area contributed by atoms with Crippen LogP contribution in [0.3, 0.4) is 0 Å². The molecule has 0 radical (unpaired) electrons.